The van der Waals surface area contributed by atoms with Crippen LogP contribution >= 0.6 is 58.0 Å². The van der Waals surface area contributed by atoms with E-state index in [1.165, 1.54) is 65.8 Å². The number of rotatable bonds is 7. The van der Waals surface area contributed by atoms with E-state index in [2.05, 4.69) is 5.32 Å². The molecule has 4 rings (SSSR count). The van der Waals surface area contributed by atoms with Gasteiger partial charge in [-0.2, -0.15) is 4.90 Å². The number of hydrogen-bond donors (Lipinski definition) is 1. The number of alkyl halides is 2. The van der Waals surface area contributed by atoms with Gasteiger partial charge in [0.15, 0.2) is 17.4 Å². The van der Waals surface area contributed by atoms with Crippen LogP contribution in [0.5, 0.6) is 0 Å². The molecule has 1 N–H and O–H groups in total. The number of imide groups is 1. The van der Waals surface area contributed by atoms with Gasteiger partial charge in [-0.05, 0) is 95.1 Å². The Hall–Kier alpha value is -3.15. The van der Waals surface area contributed by atoms with Gasteiger partial charge in [0.1, 0.15) is 21.2 Å². The Kier molecular flexibility index (Phi) is 11.2. The zero-order chi connectivity index (χ0) is 36.8. The van der Waals surface area contributed by atoms with Crippen molar-refractivity contribution in [3.05, 3.63) is 91.9 Å². The van der Waals surface area contributed by atoms with Crippen molar-refractivity contribution in [3.63, 3.8) is 0 Å². The number of hydrogen-bond acceptors (Lipinski definition) is 6. The van der Waals surface area contributed by atoms with E-state index in [0.29, 0.717) is 15.6 Å². The summed E-state index contributed by atoms with van der Waals surface area (Å²) in [5.74, 6) is -5.50. The van der Waals surface area contributed by atoms with Crippen LogP contribution in [0.1, 0.15) is 68.9 Å². The number of ether oxygens (including phenoxy) is 2. The first-order valence-corrected chi connectivity index (χ1v) is 16.6. The predicted octanol–water partition coefficient (Wildman–Crippen LogP) is 10.6. The largest absolute Gasteiger partial charge is 0.443 e. The number of ketones is 1. The lowest BCUT2D eigenvalue weighted by Gasteiger charge is -2.29. The van der Waals surface area contributed by atoms with Gasteiger partial charge in [0, 0.05) is 33.6 Å². The second kappa shape index (κ2) is 14.2. The Morgan fingerprint density at radius 2 is 1.39 bits per heavy atom. The zero-order valence-corrected chi connectivity index (χ0v) is 30.8. The Bertz CT molecular complexity index is 1790. The van der Waals surface area contributed by atoms with Crippen LogP contribution < -0.4 is 10.2 Å². The van der Waals surface area contributed by atoms with Gasteiger partial charge in [0.2, 0.25) is 5.91 Å². The van der Waals surface area contributed by atoms with E-state index >= 15 is 8.78 Å². The monoisotopic (exact) mass is 776 g/mol. The third-order valence-corrected chi connectivity index (χ3v) is 8.69. The molecule has 15 heteroatoms. The van der Waals surface area contributed by atoms with Gasteiger partial charge < -0.3 is 14.8 Å². The molecule has 0 saturated heterocycles. The maximum Gasteiger partial charge on any atom is 0.424 e. The number of amides is 3. The van der Waals surface area contributed by atoms with Crippen LogP contribution in [0.25, 0.3) is 0 Å². The van der Waals surface area contributed by atoms with Crippen LogP contribution in [-0.2, 0) is 20.7 Å². The summed E-state index contributed by atoms with van der Waals surface area (Å²) in [4.78, 5) is 52.9. The van der Waals surface area contributed by atoms with Crippen LogP contribution in [0.3, 0.4) is 0 Å². The molecule has 2 atom stereocenters. The first-order valence-electron chi connectivity index (χ1n) is 14.7. The molecule has 0 radical (unpaired) electrons. The van der Waals surface area contributed by atoms with Crippen molar-refractivity contribution in [2.24, 2.45) is 5.92 Å². The molecule has 0 spiro atoms. The highest BCUT2D eigenvalue weighted by molar-refractivity contribution is 6.53. The van der Waals surface area contributed by atoms with E-state index in [0.717, 1.165) is 12.1 Å². The van der Waals surface area contributed by atoms with Crippen LogP contribution in [-0.4, -0.2) is 39.4 Å². The Balaban J connectivity index is 1.60. The van der Waals surface area contributed by atoms with E-state index in [-0.39, 0.29) is 26.7 Å². The third kappa shape index (κ3) is 9.15. The molecule has 3 amide bonds. The van der Waals surface area contributed by atoms with E-state index in [1.54, 1.807) is 12.1 Å². The highest BCUT2D eigenvalue weighted by Gasteiger charge is 2.67. The van der Waals surface area contributed by atoms with Gasteiger partial charge in [0.05, 0.1) is 10.9 Å². The molecular formula is C34H31Cl5F2N2O6. The minimum atomic E-state index is -1.46. The summed E-state index contributed by atoms with van der Waals surface area (Å²) in [5, 5.41) is 3.31. The molecule has 8 nitrogen and oxygen atoms in total. The first-order chi connectivity index (χ1) is 22.5. The highest BCUT2D eigenvalue weighted by atomic mass is 35.5. The lowest BCUT2D eigenvalue weighted by molar-refractivity contribution is -0.117. The SMILES string of the molecule is CC(C)(C)OC(=O)N(C(=O)OC(C)(C)C)c1c(F)ccc(CC(=O)c2cc(NC(=O)[C@H]3[C@H](c4cc(Cl)cc(Cl)c4)C3(Cl)Cl)ccc2Cl)c1F. The van der Waals surface area contributed by atoms with Crippen molar-refractivity contribution in [1.29, 1.82) is 0 Å². The van der Waals surface area contributed by atoms with Gasteiger partial charge in [-0.25, -0.2) is 18.4 Å². The van der Waals surface area contributed by atoms with E-state index in [9.17, 15) is 19.2 Å². The molecule has 0 aliphatic heterocycles. The molecule has 3 aromatic carbocycles. The summed E-state index contributed by atoms with van der Waals surface area (Å²) in [7, 11) is 0. The van der Waals surface area contributed by atoms with Crippen LogP contribution in [0, 0.1) is 17.6 Å². The number of Topliss-reactive ketones (excluding diaryl/α,β-unsaturated/α-hetero) is 1. The Morgan fingerprint density at radius 3 is 1.92 bits per heavy atom. The van der Waals surface area contributed by atoms with Gasteiger partial charge in [-0.15, -0.1) is 23.2 Å². The van der Waals surface area contributed by atoms with Crippen LogP contribution in [0.2, 0.25) is 15.1 Å². The smallest absolute Gasteiger partial charge is 0.424 e. The average molecular weight is 779 g/mol. The second-order valence-electron chi connectivity index (χ2n) is 13.3. The Morgan fingerprint density at radius 1 is 0.837 bits per heavy atom. The average Bonchev–Trinajstić information content (AvgIpc) is 3.52. The molecule has 0 aromatic heterocycles. The normalized spacial score (nSPS) is 16.8. The molecule has 3 aromatic rings. The highest BCUT2D eigenvalue weighted by Crippen LogP contribution is 2.65. The molecule has 262 valence electrons. The van der Waals surface area contributed by atoms with E-state index < -0.39 is 75.0 Å². The van der Waals surface area contributed by atoms with Crippen molar-refractivity contribution in [2.45, 2.75) is 69.4 Å². The molecule has 0 heterocycles. The fourth-order valence-corrected chi connectivity index (χ4v) is 6.52. The van der Waals surface area contributed by atoms with Crippen molar-refractivity contribution in [1.82, 2.24) is 0 Å². The Labute approximate surface area is 306 Å². The summed E-state index contributed by atoms with van der Waals surface area (Å²) in [6, 6.07) is 10.6. The van der Waals surface area contributed by atoms with Crippen LogP contribution in [0.4, 0.5) is 29.7 Å². The van der Waals surface area contributed by atoms with E-state index in [1.807, 2.05) is 0 Å². The lowest BCUT2D eigenvalue weighted by Crippen LogP contribution is -2.44. The standard InChI is InChI=1S/C34H31Cl5F2N2O6/c1-32(2,3)48-30(46)43(31(47)49-33(4,5)6)28-23(40)10-7-16(27(28)41)13-24(44)21-15-20(8-9-22(21)37)42-29(45)26-25(34(26,38)39)17-11-18(35)14-19(36)12-17/h7-12,14-15,25-26H,13H2,1-6H3,(H,42,45)/t25-,26+/m0/s1. The van der Waals surface area contributed by atoms with Crippen molar-refractivity contribution < 1.29 is 37.4 Å². The molecule has 0 bridgehead atoms. The van der Waals surface area contributed by atoms with Crippen molar-refractivity contribution in [3.8, 4) is 0 Å². The number of halogens is 7. The van der Waals surface area contributed by atoms with Gasteiger partial charge in [-0.1, -0.05) is 40.9 Å². The number of carbonyl (C=O) groups is 4. The van der Waals surface area contributed by atoms with Crippen molar-refractivity contribution >= 4 is 93.3 Å². The lowest BCUT2D eigenvalue weighted by atomic mass is 10.0. The fraction of sp³-hybridized carbons (Fsp3) is 0.353. The van der Waals surface area contributed by atoms with Gasteiger partial charge >= 0.3 is 12.2 Å². The number of nitrogens with one attached hydrogen (secondary N) is 1. The molecule has 1 saturated carbocycles. The first kappa shape index (κ1) is 38.6. The maximum atomic E-state index is 16.0. The summed E-state index contributed by atoms with van der Waals surface area (Å²) in [6.07, 6.45) is -3.48. The number of nitrogens with zero attached hydrogens (tertiary/aromatic N) is 1. The van der Waals surface area contributed by atoms with E-state index in [4.69, 9.17) is 67.5 Å². The summed E-state index contributed by atoms with van der Waals surface area (Å²) in [5.41, 5.74) is -3.16. The fourth-order valence-electron chi connectivity index (χ4n) is 4.92. The minimum absolute atomic E-state index is 0.0308. The quantitative estimate of drug-likeness (QED) is 0.189. The topological polar surface area (TPSA) is 102 Å². The van der Waals surface area contributed by atoms with Gasteiger partial charge in [0.25, 0.3) is 0 Å². The molecule has 1 aliphatic carbocycles. The van der Waals surface area contributed by atoms with Crippen LogP contribution in [0.15, 0.2) is 48.5 Å². The number of anilines is 2. The maximum absolute atomic E-state index is 16.0. The molecule has 0 unspecified atom stereocenters. The van der Waals surface area contributed by atoms with Crippen molar-refractivity contribution in [2.75, 3.05) is 10.2 Å². The number of carbonyl (C=O) groups excluding carboxylic acids is 4. The molecule has 49 heavy (non-hydrogen) atoms. The molecule has 1 aliphatic rings. The summed E-state index contributed by atoms with van der Waals surface area (Å²) >= 11 is 31.4. The predicted molar refractivity (Wildman–Crippen MR) is 187 cm³/mol. The van der Waals surface area contributed by atoms with Gasteiger partial charge in [-0.3, -0.25) is 9.59 Å². The molecular weight excluding hydrogens is 748 g/mol. The third-order valence-electron chi connectivity index (χ3n) is 6.99. The number of benzene rings is 3. The second-order valence-corrected chi connectivity index (χ2v) is 16.0. The zero-order valence-electron chi connectivity index (χ0n) is 27.0. The molecule has 1 fully saturated rings. The minimum Gasteiger partial charge on any atom is -0.443 e. The summed E-state index contributed by atoms with van der Waals surface area (Å²) in [6.45, 7) is 9.00. The summed E-state index contributed by atoms with van der Waals surface area (Å²) < 4.78 is 40.2.